The number of nitrogens with one attached hydrogen (secondary N) is 1. The van der Waals surface area contributed by atoms with Crippen LogP contribution < -0.4 is 5.32 Å². The summed E-state index contributed by atoms with van der Waals surface area (Å²) in [6.07, 6.45) is 92.3. The number of hydrogen-bond acceptors (Lipinski definition) is 3. The molecule has 0 rings (SSSR count). The van der Waals surface area contributed by atoms with E-state index in [1.807, 2.05) is 6.08 Å². The van der Waals surface area contributed by atoms with E-state index < -0.39 is 12.1 Å². The van der Waals surface area contributed by atoms with E-state index in [-0.39, 0.29) is 12.5 Å². The van der Waals surface area contributed by atoms with Crippen LogP contribution in [-0.2, 0) is 4.79 Å². The minimum atomic E-state index is -0.839. The summed E-state index contributed by atoms with van der Waals surface area (Å²) >= 11 is 0. The van der Waals surface area contributed by atoms with E-state index in [1.54, 1.807) is 6.08 Å². The molecule has 1 amide bonds. The molecule has 0 spiro atoms. The zero-order valence-electron chi connectivity index (χ0n) is 51.3. The minimum Gasteiger partial charge on any atom is -0.394 e. The van der Waals surface area contributed by atoms with Crippen LogP contribution in [-0.4, -0.2) is 34.9 Å². The first-order valence-corrected chi connectivity index (χ1v) is 34.7. The quantitative estimate of drug-likeness (QED) is 0.0420. The molecule has 0 aromatic heterocycles. The summed E-state index contributed by atoms with van der Waals surface area (Å²) in [5.74, 6) is -0.0556. The summed E-state index contributed by atoms with van der Waals surface area (Å²) in [5.41, 5.74) is 0. The maximum Gasteiger partial charge on any atom is 0.220 e. The molecule has 4 heteroatoms. The maximum absolute atomic E-state index is 12.5. The fraction of sp³-hybridized carbons (Fsp3) is 0.901. The van der Waals surface area contributed by atoms with E-state index in [0.717, 1.165) is 32.1 Å². The number of unbranched alkanes of at least 4 members (excludes halogenated alkanes) is 54. The molecule has 0 fully saturated rings. The largest absolute Gasteiger partial charge is 0.394 e. The van der Waals surface area contributed by atoms with Crippen LogP contribution in [0, 0.1) is 0 Å². The van der Waals surface area contributed by atoms with E-state index >= 15 is 0 Å². The van der Waals surface area contributed by atoms with Crippen molar-refractivity contribution in [2.24, 2.45) is 0 Å². The lowest BCUT2D eigenvalue weighted by Crippen LogP contribution is -2.45. The van der Waals surface area contributed by atoms with E-state index in [0.29, 0.717) is 6.42 Å². The Morgan fingerprint density at radius 3 is 0.800 bits per heavy atom. The van der Waals surface area contributed by atoms with Gasteiger partial charge < -0.3 is 15.5 Å². The second-order valence-electron chi connectivity index (χ2n) is 24.0. The molecule has 0 aromatic carbocycles. The van der Waals surface area contributed by atoms with Crippen LogP contribution in [0.25, 0.3) is 0 Å². The lowest BCUT2D eigenvalue weighted by molar-refractivity contribution is -0.123. The molecule has 0 aliphatic rings. The van der Waals surface area contributed by atoms with Crippen LogP contribution in [0.4, 0.5) is 0 Å². The van der Waals surface area contributed by atoms with Gasteiger partial charge in [0.05, 0.1) is 18.8 Å². The average Bonchev–Trinajstić information content (AvgIpc) is 3.41. The van der Waals surface area contributed by atoms with Gasteiger partial charge in [-0.25, -0.2) is 0 Å². The van der Waals surface area contributed by atoms with Gasteiger partial charge in [-0.05, 0) is 51.4 Å². The summed E-state index contributed by atoms with van der Waals surface area (Å²) in [6, 6.07) is -0.622. The molecule has 0 saturated heterocycles. The van der Waals surface area contributed by atoms with Gasteiger partial charge in [0.2, 0.25) is 5.91 Å². The van der Waals surface area contributed by atoms with Crippen molar-refractivity contribution in [2.45, 2.75) is 405 Å². The molecule has 2 atom stereocenters. The number of carbonyl (C=O) groups is 1. The lowest BCUT2D eigenvalue weighted by atomic mass is 10.0. The smallest absolute Gasteiger partial charge is 0.220 e. The molecule has 0 saturated carbocycles. The van der Waals surface area contributed by atoms with Gasteiger partial charge in [-0.15, -0.1) is 0 Å². The van der Waals surface area contributed by atoms with Gasteiger partial charge >= 0.3 is 0 Å². The van der Waals surface area contributed by atoms with Crippen molar-refractivity contribution in [2.75, 3.05) is 6.61 Å². The van der Waals surface area contributed by atoms with Crippen LogP contribution in [0.3, 0.4) is 0 Å². The Balaban J connectivity index is 3.42. The van der Waals surface area contributed by atoms with Crippen molar-refractivity contribution in [1.29, 1.82) is 0 Å². The van der Waals surface area contributed by atoms with Crippen molar-refractivity contribution >= 4 is 5.91 Å². The topological polar surface area (TPSA) is 69.6 Å². The zero-order chi connectivity index (χ0) is 54.1. The van der Waals surface area contributed by atoms with E-state index in [1.165, 1.54) is 340 Å². The minimum absolute atomic E-state index is 0.0556. The Morgan fingerprint density at radius 1 is 0.320 bits per heavy atom. The van der Waals surface area contributed by atoms with Crippen molar-refractivity contribution in [3.63, 3.8) is 0 Å². The highest BCUT2D eigenvalue weighted by atomic mass is 16.3. The molecule has 2 unspecified atom stereocenters. The van der Waals surface area contributed by atoms with E-state index in [9.17, 15) is 15.0 Å². The predicted octanol–water partition coefficient (Wildman–Crippen LogP) is 23.5. The van der Waals surface area contributed by atoms with Gasteiger partial charge in [0.15, 0.2) is 0 Å². The standard InChI is InChI=1S/C71H137NO3/c1-3-5-7-9-11-13-15-17-19-21-23-25-27-29-31-33-35-36-37-39-41-43-45-47-49-51-53-55-57-59-61-63-65-67-71(75)72-69(68-73)70(74)66-64-62-60-58-56-54-52-50-48-46-44-42-40-38-34-32-30-28-26-24-22-20-18-16-14-12-10-8-6-4-2/h15,17,21,23,64,66,69-70,73-74H,3-14,16,18-20,22,24-63,65,67-68H2,1-2H3,(H,72,75)/b17-15-,23-21-,66-64+. The van der Waals surface area contributed by atoms with Crippen LogP contribution >= 0.6 is 0 Å². The number of rotatable bonds is 65. The van der Waals surface area contributed by atoms with Gasteiger partial charge in [0.25, 0.3) is 0 Å². The molecule has 0 aliphatic heterocycles. The SMILES string of the molecule is CCCCCCC/C=C\C/C=C\CCCCCCCCCCCCCCCCCCCCCCCC(=O)NC(CO)C(O)/C=C/CCCCCCCCCCCCCCCCCCCCCCCCCCCCCC. The van der Waals surface area contributed by atoms with Crippen molar-refractivity contribution in [1.82, 2.24) is 5.32 Å². The first-order valence-electron chi connectivity index (χ1n) is 34.7. The van der Waals surface area contributed by atoms with Crippen LogP contribution in [0.5, 0.6) is 0 Å². The Hall–Kier alpha value is -1.39. The molecule has 0 aromatic rings. The number of aliphatic hydroxyl groups excluding tert-OH is 2. The molecule has 0 heterocycles. The Bertz CT molecular complexity index is 1150. The van der Waals surface area contributed by atoms with E-state index in [4.69, 9.17) is 0 Å². The Labute approximate surface area is 472 Å². The molecule has 4 nitrogen and oxygen atoms in total. The molecule has 75 heavy (non-hydrogen) atoms. The Morgan fingerprint density at radius 2 is 0.547 bits per heavy atom. The van der Waals surface area contributed by atoms with Crippen LogP contribution in [0.15, 0.2) is 36.5 Å². The molecule has 0 bridgehead atoms. The molecule has 3 N–H and O–H groups in total. The maximum atomic E-state index is 12.5. The number of carbonyl (C=O) groups excluding carboxylic acids is 1. The third-order valence-electron chi connectivity index (χ3n) is 16.4. The van der Waals surface area contributed by atoms with Gasteiger partial charge in [-0.1, -0.05) is 371 Å². The second-order valence-corrected chi connectivity index (χ2v) is 24.0. The average molecular weight is 1050 g/mol. The lowest BCUT2D eigenvalue weighted by Gasteiger charge is -2.20. The summed E-state index contributed by atoms with van der Waals surface area (Å²) in [6.45, 7) is 4.35. The third kappa shape index (κ3) is 63.3. The van der Waals surface area contributed by atoms with Gasteiger partial charge in [0, 0.05) is 6.42 Å². The second kappa shape index (κ2) is 66.9. The van der Waals surface area contributed by atoms with Crippen molar-refractivity contribution < 1.29 is 15.0 Å². The molecule has 0 radical (unpaired) electrons. The summed E-state index contributed by atoms with van der Waals surface area (Å²) in [7, 11) is 0. The fourth-order valence-corrected chi connectivity index (χ4v) is 11.1. The Kier molecular flexibility index (Phi) is 65.6. The van der Waals surface area contributed by atoms with Crippen molar-refractivity contribution in [3.8, 4) is 0 Å². The highest BCUT2D eigenvalue weighted by Crippen LogP contribution is 2.19. The first-order chi connectivity index (χ1) is 37.2. The van der Waals surface area contributed by atoms with E-state index in [2.05, 4.69) is 43.5 Å². The first kappa shape index (κ1) is 73.6. The van der Waals surface area contributed by atoms with Gasteiger partial charge in [-0.3, -0.25) is 4.79 Å². The highest BCUT2D eigenvalue weighted by Gasteiger charge is 2.18. The highest BCUT2D eigenvalue weighted by molar-refractivity contribution is 5.76. The normalized spacial score (nSPS) is 12.9. The van der Waals surface area contributed by atoms with Gasteiger partial charge in [0.1, 0.15) is 0 Å². The number of aliphatic hydroxyl groups is 2. The predicted molar refractivity (Wildman–Crippen MR) is 336 cm³/mol. The zero-order valence-corrected chi connectivity index (χ0v) is 51.3. The van der Waals surface area contributed by atoms with Crippen molar-refractivity contribution in [3.05, 3.63) is 36.5 Å². The number of hydrogen-bond donors (Lipinski definition) is 3. The summed E-state index contributed by atoms with van der Waals surface area (Å²) in [5, 5.41) is 23.3. The monoisotopic (exact) mass is 1050 g/mol. The van der Waals surface area contributed by atoms with Crippen LogP contribution in [0.2, 0.25) is 0 Å². The molecule has 0 aliphatic carbocycles. The molecule has 444 valence electrons. The van der Waals surface area contributed by atoms with Gasteiger partial charge in [-0.2, -0.15) is 0 Å². The summed E-state index contributed by atoms with van der Waals surface area (Å²) in [4.78, 5) is 12.5. The number of allylic oxidation sites excluding steroid dienone is 5. The molecular weight excluding hydrogens is 915 g/mol. The number of amides is 1. The van der Waals surface area contributed by atoms with Crippen LogP contribution in [0.1, 0.15) is 393 Å². The fourth-order valence-electron chi connectivity index (χ4n) is 11.1. The third-order valence-corrected chi connectivity index (χ3v) is 16.4. The molecular formula is C71H137NO3. The summed E-state index contributed by atoms with van der Waals surface area (Å²) < 4.78 is 0.